The Kier molecular flexibility index (Phi) is 2.94. The van der Waals surface area contributed by atoms with Crippen LogP contribution in [0.3, 0.4) is 0 Å². The van der Waals surface area contributed by atoms with Gasteiger partial charge in [-0.25, -0.2) is 0 Å². The Morgan fingerprint density at radius 1 is 1.15 bits per heavy atom. The van der Waals surface area contributed by atoms with Gasteiger partial charge in [0.2, 0.25) is 0 Å². The van der Waals surface area contributed by atoms with E-state index in [-0.39, 0.29) is 6.61 Å². The van der Waals surface area contributed by atoms with Gasteiger partial charge in [0.15, 0.2) is 0 Å². The van der Waals surface area contributed by atoms with Crippen molar-refractivity contribution in [3.8, 4) is 0 Å². The first kappa shape index (κ1) is 10.9. The molecule has 1 aliphatic rings. The number of hydrogen-bond acceptors (Lipinski definition) is 5. The minimum absolute atomic E-state index is 0.381. The van der Waals surface area contributed by atoms with Crippen molar-refractivity contribution in [1.29, 1.82) is 0 Å². The second kappa shape index (κ2) is 3.51. The van der Waals surface area contributed by atoms with Crippen molar-refractivity contribution in [3.05, 3.63) is 0 Å². The molecule has 1 rings (SSSR count). The molecule has 1 heterocycles. The third-order valence-electron chi connectivity index (χ3n) is 2.40. The lowest BCUT2D eigenvalue weighted by Crippen LogP contribution is -2.62. The average Bonchev–Trinajstić information content (AvgIpc) is 2.08. The van der Waals surface area contributed by atoms with Crippen LogP contribution in [0.1, 0.15) is 13.8 Å². The summed E-state index contributed by atoms with van der Waals surface area (Å²) in [5.41, 5.74) is -0.952. The summed E-state index contributed by atoms with van der Waals surface area (Å²) in [4.78, 5) is 0. The third kappa shape index (κ3) is 1.84. The van der Waals surface area contributed by atoms with Crippen LogP contribution in [0.4, 0.5) is 0 Å². The SMILES string of the molecule is CC1(C)OC(CO)[C@@H](O)C(O)C1O. The van der Waals surface area contributed by atoms with Gasteiger partial charge < -0.3 is 25.2 Å². The van der Waals surface area contributed by atoms with Crippen LogP contribution >= 0.6 is 0 Å². The summed E-state index contributed by atoms with van der Waals surface area (Å²) < 4.78 is 5.21. The molecule has 0 saturated carbocycles. The molecule has 0 radical (unpaired) electrons. The molecule has 1 aliphatic heterocycles. The van der Waals surface area contributed by atoms with Crippen molar-refractivity contribution >= 4 is 0 Å². The van der Waals surface area contributed by atoms with Gasteiger partial charge in [-0.2, -0.15) is 0 Å². The van der Waals surface area contributed by atoms with Crippen LogP contribution in [-0.4, -0.2) is 57.0 Å². The molecule has 1 saturated heterocycles. The Morgan fingerprint density at radius 2 is 1.69 bits per heavy atom. The summed E-state index contributed by atoms with van der Waals surface area (Å²) >= 11 is 0. The van der Waals surface area contributed by atoms with E-state index in [0.717, 1.165) is 0 Å². The Hall–Kier alpha value is -0.200. The minimum atomic E-state index is -1.28. The summed E-state index contributed by atoms with van der Waals surface area (Å²) in [5.74, 6) is 0. The van der Waals surface area contributed by atoms with E-state index in [2.05, 4.69) is 0 Å². The Morgan fingerprint density at radius 3 is 2.15 bits per heavy atom. The Bertz CT molecular complexity index is 179. The van der Waals surface area contributed by atoms with Gasteiger partial charge in [-0.05, 0) is 13.8 Å². The molecule has 4 N–H and O–H groups in total. The maximum atomic E-state index is 9.47. The van der Waals surface area contributed by atoms with E-state index < -0.39 is 30.0 Å². The van der Waals surface area contributed by atoms with Gasteiger partial charge in [-0.15, -0.1) is 0 Å². The molecule has 13 heavy (non-hydrogen) atoms. The van der Waals surface area contributed by atoms with Crippen molar-refractivity contribution in [2.75, 3.05) is 6.61 Å². The molecule has 5 nitrogen and oxygen atoms in total. The fraction of sp³-hybridized carbons (Fsp3) is 1.00. The summed E-state index contributed by atoms with van der Waals surface area (Å²) in [6, 6.07) is 0. The molecule has 1 fully saturated rings. The van der Waals surface area contributed by atoms with Crippen molar-refractivity contribution in [2.24, 2.45) is 0 Å². The van der Waals surface area contributed by atoms with Gasteiger partial charge in [0, 0.05) is 0 Å². The fourth-order valence-electron chi connectivity index (χ4n) is 1.49. The summed E-state index contributed by atoms with van der Waals surface area (Å²) in [7, 11) is 0. The van der Waals surface area contributed by atoms with Gasteiger partial charge in [-0.1, -0.05) is 0 Å². The van der Waals surface area contributed by atoms with E-state index in [9.17, 15) is 15.3 Å². The van der Waals surface area contributed by atoms with E-state index in [1.165, 1.54) is 0 Å². The van der Waals surface area contributed by atoms with Crippen molar-refractivity contribution < 1.29 is 25.2 Å². The highest BCUT2D eigenvalue weighted by Crippen LogP contribution is 2.28. The molecule has 5 heteroatoms. The van der Waals surface area contributed by atoms with Crippen LogP contribution in [0.15, 0.2) is 0 Å². The van der Waals surface area contributed by atoms with Gasteiger partial charge in [0.25, 0.3) is 0 Å². The predicted octanol–water partition coefficient (Wildman–Crippen LogP) is -1.76. The van der Waals surface area contributed by atoms with E-state index >= 15 is 0 Å². The van der Waals surface area contributed by atoms with Crippen LogP contribution in [0.2, 0.25) is 0 Å². The van der Waals surface area contributed by atoms with Crippen molar-refractivity contribution in [3.63, 3.8) is 0 Å². The zero-order valence-corrected chi connectivity index (χ0v) is 7.71. The topological polar surface area (TPSA) is 90.2 Å². The predicted molar refractivity (Wildman–Crippen MR) is 44.1 cm³/mol. The quantitative estimate of drug-likeness (QED) is 0.395. The average molecular weight is 192 g/mol. The largest absolute Gasteiger partial charge is 0.394 e. The summed E-state index contributed by atoms with van der Waals surface area (Å²) in [6.45, 7) is 2.80. The number of rotatable bonds is 1. The number of aliphatic hydroxyl groups is 4. The Balaban J connectivity index is 2.79. The monoisotopic (exact) mass is 192 g/mol. The van der Waals surface area contributed by atoms with Crippen LogP contribution in [0, 0.1) is 0 Å². The van der Waals surface area contributed by atoms with Crippen LogP contribution < -0.4 is 0 Å². The fourth-order valence-corrected chi connectivity index (χ4v) is 1.49. The molecule has 0 aromatic rings. The van der Waals surface area contributed by atoms with E-state index in [1.807, 2.05) is 0 Å². The lowest BCUT2D eigenvalue weighted by molar-refractivity contribution is -0.262. The zero-order valence-electron chi connectivity index (χ0n) is 7.71. The van der Waals surface area contributed by atoms with E-state index in [0.29, 0.717) is 0 Å². The molecule has 78 valence electrons. The lowest BCUT2D eigenvalue weighted by atomic mass is 9.87. The number of hydrogen-bond donors (Lipinski definition) is 4. The molecular formula is C8H16O5. The number of ether oxygens (including phenoxy) is 1. The second-order valence-corrected chi connectivity index (χ2v) is 3.87. The van der Waals surface area contributed by atoms with E-state index in [1.54, 1.807) is 13.8 Å². The minimum Gasteiger partial charge on any atom is -0.394 e. The normalized spacial score (nSPS) is 44.8. The molecule has 0 spiro atoms. The van der Waals surface area contributed by atoms with Crippen LogP contribution in [0.25, 0.3) is 0 Å². The first-order valence-corrected chi connectivity index (χ1v) is 4.23. The number of aliphatic hydroxyl groups excluding tert-OH is 4. The molecule has 0 bridgehead atoms. The van der Waals surface area contributed by atoms with Crippen LogP contribution in [-0.2, 0) is 4.74 Å². The molecular weight excluding hydrogens is 176 g/mol. The first-order chi connectivity index (χ1) is 5.90. The van der Waals surface area contributed by atoms with Gasteiger partial charge in [0.1, 0.15) is 24.4 Å². The Labute approximate surface area is 76.6 Å². The lowest BCUT2D eigenvalue weighted by Gasteiger charge is -2.45. The van der Waals surface area contributed by atoms with Crippen molar-refractivity contribution in [1.82, 2.24) is 0 Å². The molecule has 4 atom stereocenters. The zero-order chi connectivity index (χ0) is 10.2. The molecule has 0 aromatic carbocycles. The van der Waals surface area contributed by atoms with Crippen LogP contribution in [0.5, 0.6) is 0 Å². The maximum absolute atomic E-state index is 9.47. The molecule has 0 aromatic heterocycles. The van der Waals surface area contributed by atoms with Gasteiger partial charge in [0.05, 0.1) is 12.2 Å². The highest BCUT2D eigenvalue weighted by Gasteiger charge is 2.47. The highest BCUT2D eigenvalue weighted by atomic mass is 16.6. The maximum Gasteiger partial charge on any atom is 0.111 e. The highest BCUT2D eigenvalue weighted by molar-refractivity contribution is 4.96. The third-order valence-corrected chi connectivity index (χ3v) is 2.40. The van der Waals surface area contributed by atoms with Crippen molar-refractivity contribution in [2.45, 2.75) is 43.9 Å². The molecule has 0 aliphatic carbocycles. The molecule has 0 amide bonds. The van der Waals surface area contributed by atoms with E-state index in [4.69, 9.17) is 9.84 Å². The van der Waals surface area contributed by atoms with Gasteiger partial charge >= 0.3 is 0 Å². The smallest absolute Gasteiger partial charge is 0.111 e. The summed E-state index contributed by atoms with van der Waals surface area (Å²) in [5, 5.41) is 37.0. The standard InChI is InChI=1S/C8H16O5/c1-8(2)7(12)6(11)5(10)4(3-9)13-8/h4-7,9-12H,3H2,1-2H3/t4?,5-,6?,7?/m1/s1. The first-order valence-electron chi connectivity index (χ1n) is 4.23. The van der Waals surface area contributed by atoms with Gasteiger partial charge in [-0.3, -0.25) is 0 Å². The molecule has 3 unspecified atom stereocenters. The second-order valence-electron chi connectivity index (χ2n) is 3.87. The summed E-state index contributed by atoms with van der Waals surface area (Å²) in [6.07, 6.45) is -4.51.